The van der Waals surface area contributed by atoms with E-state index >= 15 is 0 Å². The third-order valence-electron chi connectivity index (χ3n) is 0.982. The molecular weight excluding hydrogens is 220 g/mol. The van der Waals surface area contributed by atoms with Crippen LogP contribution in [0.1, 0.15) is 42.5 Å². The largest absolute Gasteiger partial charge is 0.359 e. The molecule has 0 atom stereocenters. The lowest BCUT2D eigenvalue weighted by molar-refractivity contribution is -0.126. The maximum Gasteiger partial charge on any atom is 0.218 e. The van der Waals surface area contributed by atoms with E-state index in [0.717, 1.165) is 0 Å². The highest BCUT2D eigenvalue weighted by Crippen LogP contribution is 1.69. The predicted octanol–water partition coefficient (Wildman–Crippen LogP) is 1.71. The molecule has 0 bridgehead atoms. The third kappa shape index (κ3) is 109. The second kappa shape index (κ2) is 20.1. The number of ketones is 1. The minimum absolute atomic E-state index is 0. The normalized spacial score (nSPS) is 6.29. The molecule has 0 aliphatic carbocycles. The lowest BCUT2D eigenvalue weighted by Crippen LogP contribution is -2.17. The minimum Gasteiger partial charge on any atom is -0.359 e. The molecule has 0 unspecified atom stereocenters. The maximum absolute atomic E-state index is 10.1. The summed E-state index contributed by atoms with van der Waals surface area (Å²) < 4.78 is 0. The smallest absolute Gasteiger partial charge is 0.218 e. The number of amides is 2. The Morgan fingerprint density at radius 3 is 1.00 bits per heavy atom. The molecule has 0 heterocycles. The van der Waals surface area contributed by atoms with E-state index < -0.39 is 0 Å². The molecule has 0 fully saturated rings. The van der Waals surface area contributed by atoms with Crippen LogP contribution in [0.25, 0.3) is 0 Å². The summed E-state index contributed by atoms with van der Waals surface area (Å²) in [5.41, 5.74) is 0. The zero-order valence-electron chi connectivity index (χ0n) is 10.7. The number of nitrogens with one attached hydrogen (secondary N) is 1. The summed E-state index contributed by atoms with van der Waals surface area (Å²) >= 11 is 0. The van der Waals surface area contributed by atoms with Crippen LogP contribution >= 0.6 is 0 Å². The number of carbonyl (C=O) groups excluding carboxylic acids is 3. The molecule has 5 nitrogen and oxygen atoms in total. The highest BCUT2D eigenvalue weighted by molar-refractivity contribution is 5.72. The first-order chi connectivity index (χ1) is 6.64. The zero-order chi connectivity index (χ0) is 13.0. The number of hydrogen-bond acceptors (Lipinski definition) is 3. The fourth-order valence-electron chi connectivity index (χ4n) is 0. The van der Waals surface area contributed by atoms with Crippen LogP contribution in [-0.4, -0.2) is 43.6 Å². The molecule has 0 aliphatic rings. The Kier molecular flexibility index (Phi) is 35.0. The van der Waals surface area contributed by atoms with Crippen molar-refractivity contribution >= 4 is 17.6 Å². The molecule has 0 aliphatic heterocycles. The molecule has 0 rings (SSSR count). The monoisotopic (exact) mass is 250 g/mol. The van der Waals surface area contributed by atoms with E-state index in [4.69, 9.17) is 0 Å². The quantitative estimate of drug-likeness (QED) is 0.711. The molecule has 106 valence electrons. The Morgan fingerprint density at radius 2 is 1.00 bits per heavy atom. The molecular formula is C12H30N2O3. The van der Waals surface area contributed by atoms with Gasteiger partial charge in [0.2, 0.25) is 11.8 Å². The Labute approximate surface area is 107 Å². The van der Waals surface area contributed by atoms with Gasteiger partial charge in [-0.25, -0.2) is 0 Å². The first-order valence-corrected chi connectivity index (χ1v) is 4.48. The van der Waals surface area contributed by atoms with Crippen molar-refractivity contribution in [2.75, 3.05) is 21.1 Å². The van der Waals surface area contributed by atoms with Crippen molar-refractivity contribution in [3.63, 3.8) is 0 Å². The van der Waals surface area contributed by atoms with Gasteiger partial charge in [-0.05, 0) is 13.8 Å². The van der Waals surface area contributed by atoms with E-state index in [-0.39, 0.29) is 32.5 Å². The molecule has 0 aromatic rings. The van der Waals surface area contributed by atoms with Gasteiger partial charge in [-0.3, -0.25) is 9.59 Å². The first-order valence-electron chi connectivity index (χ1n) is 4.48. The fraction of sp³-hybridized carbons (Fsp3) is 0.750. The molecule has 5 heteroatoms. The molecule has 0 saturated heterocycles. The summed E-state index contributed by atoms with van der Waals surface area (Å²) in [4.78, 5) is 30.7. The van der Waals surface area contributed by atoms with Crippen LogP contribution in [0.4, 0.5) is 0 Å². The Bertz CT molecular complexity index is 198. The van der Waals surface area contributed by atoms with E-state index in [2.05, 4.69) is 5.32 Å². The second-order valence-electron chi connectivity index (χ2n) is 3.13. The first kappa shape index (κ1) is 29.6. The molecule has 0 aromatic carbocycles. The van der Waals surface area contributed by atoms with Gasteiger partial charge in [0.25, 0.3) is 0 Å². The van der Waals surface area contributed by atoms with E-state index in [0.29, 0.717) is 0 Å². The van der Waals surface area contributed by atoms with Gasteiger partial charge in [-0.1, -0.05) is 14.9 Å². The average molecular weight is 250 g/mol. The third-order valence-corrected chi connectivity index (χ3v) is 0.982. The Morgan fingerprint density at radius 1 is 0.882 bits per heavy atom. The Balaban J connectivity index is -0.0000000407. The number of carbonyl (C=O) groups is 3. The van der Waals surface area contributed by atoms with Crippen molar-refractivity contribution in [3.05, 3.63) is 0 Å². The van der Waals surface area contributed by atoms with Crippen LogP contribution in [0.3, 0.4) is 0 Å². The molecule has 0 spiro atoms. The van der Waals surface area contributed by atoms with Crippen molar-refractivity contribution in [2.45, 2.75) is 42.5 Å². The molecule has 0 radical (unpaired) electrons. The summed E-state index contributed by atoms with van der Waals surface area (Å²) in [6, 6.07) is 0. The van der Waals surface area contributed by atoms with Crippen molar-refractivity contribution < 1.29 is 14.4 Å². The molecule has 1 N–H and O–H groups in total. The standard InChI is InChI=1S/C4H9NO.C3H7NO.C3H6O.2CH4/c1-4(6)5(2)3;1-3(5)4-2;1-3(2)4;;/h1-3H3;1-2H3,(H,4,5);1-2H3;2*1H4. The molecule has 0 saturated carbocycles. The van der Waals surface area contributed by atoms with Crippen molar-refractivity contribution in [2.24, 2.45) is 0 Å². The summed E-state index contributed by atoms with van der Waals surface area (Å²) in [5.74, 6) is 0.264. The maximum atomic E-state index is 10.1. The van der Waals surface area contributed by atoms with Crippen molar-refractivity contribution in [3.8, 4) is 0 Å². The number of Topliss-reactive ketones (excluding diaryl/α,β-unsaturated/α-hetero) is 1. The van der Waals surface area contributed by atoms with Crippen LogP contribution in [0.5, 0.6) is 0 Å². The van der Waals surface area contributed by atoms with Crippen molar-refractivity contribution in [1.29, 1.82) is 0 Å². The van der Waals surface area contributed by atoms with E-state index in [1.807, 2.05) is 0 Å². The fourth-order valence-corrected chi connectivity index (χ4v) is 0. The van der Waals surface area contributed by atoms with E-state index in [1.54, 1.807) is 21.1 Å². The van der Waals surface area contributed by atoms with Crippen LogP contribution in [0, 0.1) is 0 Å². The number of hydrogen-bond donors (Lipinski definition) is 1. The van der Waals surface area contributed by atoms with Gasteiger partial charge in [-0.2, -0.15) is 0 Å². The molecule has 0 aromatic heterocycles. The number of nitrogens with zero attached hydrogens (tertiary/aromatic N) is 1. The van der Waals surface area contributed by atoms with Crippen LogP contribution in [-0.2, 0) is 14.4 Å². The summed E-state index contributed by atoms with van der Waals surface area (Å²) in [6.45, 7) is 6.06. The molecule has 2 amide bonds. The van der Waals surface area contributed by atoms with Crippen molar-refractivity contribution in [1.82, 2.24) is 10.2 Å². The lowest BCUT2D eigenvalue weighted by atomic mass is 10.6. The minimum atomic E-state index is 0. The zero-order valence-corrected chi connectivity index (χ0v) is 10.7. The van der Waals surface area contributed by atoms with E-state index in [1.165, 1.54) is 32.6 Å². The predicted molar refractivity (Wildman–Crippen MR) is 73.9 cm³/mol. The van der Waals surface area contributed by atoms with Gasteiger partial charge in [0.1, 0.15) is 5.78 Å². The second-order valence-corrected chi connectivity index (χ2v) is 3.13. The SMILES string of the molecule is C.C.CC(=O)N(C)C.CC(C)=O.CNC(C)=O. The average Bonchev–Trinajstić information content (AvgIpc) is 2.04. The lowest BCUT2D eigenvalue weighted by Gasteiger charge is -2.02. The van der Waals surface area contributed by atoms with E-state index in [9.17, 15) is 14.4 Å². The van der Waals surface area contributed by atoms with Gasteiger partial charge in [-0.15, -0.1) is 0 Å². The number of rotatable bonds is 0. The van der Waals surface area contributed by atoms with Crippen LogP contribution in [0.2, 0.25) is 0 Å². The summed E-state index contributed by atoms with van der Waals surface area (Å²) in [5, 5.41) is 2.39. The Hall–Kier alpha value is -1.39. The van der Waals surface area contributed by atoms with Crippen LogP contribution in [0.15, 0.2) is 0 Å². The summed E-state index contributed by atoms with van der Waals surface area (Å²) in [6.07, 6.45) is 0. The highest BCUT2D eigenvalue weighted by Gasteiger charge is 1.87. The summed E-state index contributed by atoms with van der Waals surface area (Å²) in [7, 11) is 5.05. The van der Waals surface area contributed by atoms with Crippen LogP contribution < -0.4 is 5.32 Å². The van der Waals surface area contributed by atoms with Gasteiger partial charge in [0, 0.05) is 35.0 Å². The molecule has 17 heavy (non-hydrogen) atoms. The van der Waals surface area contributed by atoms with Gasteiger partial charge in [0.05, 0.1) is 0 Å². The van der Waals surface area contributed by atoms with Gasteiger partial charge in [0.15, 0.2) is 0 Å². The highest BCUT2D eigenvalue weighted by atomic mass is 16.2. The van der Waals surface area contributed by atoms with Gasteiger partial charge < -0.3 is 15.0 Å². The topological polar surface area (TPSA) is 66.5 Å². The van der Waals surface area contributed by atoms with Gasteiger partial charge >= 0.3 is 0 Å².